The van der Waals surface area contributed by atoms with Crippen LogP contribution in [0.1, 0.15) is 89.5 Å². The number of hydrogen-bond acceptors (Lipinski definition) is 8. The van der Waals surface area contributed by atoms with E-state index in [2.05, 4.69) is 15.6 Å². The minimum absolute atomic E-state index is 0.000607. The van der Waals surface area contributed by atoms with Crippen LogP contribution in [0.25, 0.3) is 10.4 Å². The van der Waals surface area contributed by atoms with Gasteiger partial charge in [-0.3, -0.25) is 19.2 Å². The van der Waals surface area contributed by atoms with Crippen molar-refractivity contribution in [1.29, 1.82) is 0 Å². The highest BCUT2D eigenvalue weighted by Gasteiger charge is 2.44. The fourth-order valence-corrected chi connectivity index (χ4v) is 7.17. The Hall–Kier alpha value is -4.36. The summed E-state index contributed by atoms with van der Waals surface area (Å²) in [5.74, 6) is -1.63. The van der Waals surface area contributed by atoms with Gasteiger partial charge in [0.05, 0.1) is 28.8 Å². The van der Waals surface area contributed by atoms with E-state index < -0.39 is 35.3 Å². The number of carbonyl (C=O) groups excluding carboxylic acids is 4. The van der Waals surface area contributed by atoms with Gasteiger partial charge in [-0.1, -0.05) is 70.5 Å². The summed E-state index contributed by atoms with van der Waals surface area (Å²) in [5.41, 5.74) is 9.79. The number of aryl methyl sites for hydroxylation is 2. The number of nitrogens with one attached hydrogen (secondary N) is 2. The van der Waals surface area contributed by atoms with Crippen LogP contribution in [0.15, 0.2) is 48.0 Å². The van der Waals surface area contributed by atoms with Crippen LogP contribution >= 0.6 is 11.3 Å². The second-order valence-corrected chi connectivity index (χ2v) is 16.0. The Labute approximate surface area is 315 Å². The SMILES string of the molecule is Cc1ncsc1-c1ccc(CNC(=O)[C@@H]2C[C@@H](O)CN2C(=O)[C@@H](NC(=O)CCCCCc2cccc(OC[C@@H](C)CCC(N)=O)c2F)C(C)(C)C)cc1. The predicted molar refractivity (Wildman–Crippen MR) is 203 cm³/mol. The molecule has 53 heavy (non-hydrogen) atoms. The number of nitrogens with zero attached hydrogens (tertiary/aromatic N) is 2. The number of carbonyl (C=O) groups is 4. The molecule has 4 amide bonds. The van der Waals surface area contributed by atoms with Crippen LogP contribution in [0.3, 0.4) is 0 Å². The van der Waals surface area contributed by atoms with Gasteiger partial charge < -0.3 is 31.1 Å². The van der Waals surface area contributed by atoms with E-state index in [0.29, 0.717) is 37.7 Å². The molecule has 2 heterocycles. The summed E-state index contributed by atoms with van der Waals surface area (Å²) in [4.78, 5) is 58.2. The van der Waals surface area contributed by atoms with E-state index in [-0.39, 0.29) is 68.3 Å². The number of primary amides is 1. The Bertz CT molecular complexity index is 1710. The van der Waals surface area contributed by atoms with Crippen LogP contribution < -0.4 is 21.1 Å². The first-order valence-electron chi connectivity index (χ1n) is 18.4. The number of rotatable bonds is 18. The number of aromatic nitrogens is 1. The highest BCUT2D eigenvalue weighted by molar-refractivity contribution is 7.13. The monoisotopic (exact) mass is 751 g/mol. The van der Waals surface area contributed by atoms with Gasteiger partial charge in [-0.15, -0.1) is 11.3 Å². The number of aliphatic hydroxyl groups is 1. The van der Waals surface area contributed by atoms with Crippen molar-refractivity contribution >= 4 is 35.0 Å². The highest BCUT2D eigenvalue weighted by Crippen LogP contribution is 2.29. The van der Waals surface area contributed by atoms with E-state index >= 15 is 4.39 Å². The van der Waals surface area contributed by atoms with Crippen LogP contribution in [0.4, 0.5) is 4.39 Å². The number of hydrogen-bond donors (Lipinski definition) is 4. The predicted octanol–water partition coefficient (Wildman–Crippen LogP) is 5.45. The van der Waals surface area contributed by atoms with Crippen LogP contribution in [0, 0.1) is 24.1 Å². The first kappa shape index (κ1) is 41.4. The molecule has 4 rings (SSSR count). The number of β-amino-alcohol motifs (C(OH)–C–C–N with tert-alkyl or cyclic N) is 1. The normalized spacial score (nSPS) is 16.9. The Morgan fingerprint density at radius 1 is 1.09 bits per heavy atom. The molecule has 0 spiro atoms. The number of nitrogens with two attached hydrogens (primary N) is 1. The number of amides is 4. The molecule has 0 bridgehead atoms. The molecule has 0 radical (unpaired) electrons. The second kappa shape index (κ2) is 19.1. The Morgan fingerprint density at radius 3 is 2.49 bits per heavy atom. The maximum absolute atomic E-state index is 15.1. The third kappa shape index (κ3) is 12.1. The molecule has 1 aliphatic rings. The third-order valence-electron chi connectivity index (χ3n) is 9.51. The smallest absolute Gasteiger partial charge is 0.246 e. The molecule has 1 fully saturated rings. The summed E-state index contributed by atoms with van der Waals surface area (Å²) < 4.78 is 20.8. The average molecular weight is 752 g/mol. The lowest BCUT2D eigenvalue weighted by molar-refractivity contribution is -0.144. The van der Waals surface area contributed by atoms with Gasteiger partial charge >= 0.3 is 0 Å². The molecule has 1 aromatic heterocycles. The Kier molecular flexibility index (Phi) is 14.9. The minimum Gasteiger partial charge on any atom is -0.490 e. The van der Waals surface area contributed by atoms with Crippen molar-refractivity contribution < 1.29 is 33.4 Å². The molecule has 13 heteroatoms. The van der Waals surface area contributed by atoms with Crippen molar-refractivity contribution in [3.8, 4) is 16.2 Å². The molecular weight excluding hydrogens is 698 g/mol. The molecule has 11 nitrogen and oxygen atoms in total. The lowest BCUT2D eigenvalue weighted by Crippen LogP contribution is -2.57. The molecule has 0 unspecified atom stereocenters. The summed E-state index contributed by atoms with van der Waals surface area (Å²) >= 11 is 1.57. The number of ether oxygens (including phenoxy) is 1. The van der Waals surface area contributed by atoms with Gasteiger partial charge in [-0.05, 0) is 66.7 Å². The number of likely N-dealkylation sites (tertiary alicyclic amines) is 1. The van der Waals surface area contributed by atoms with Gasteiger partial charge in [0.1, 0.15) is 12.1 Å². The summed E-state index contributed by atoms with van der Waals surface area (Å²) in [6.07, 6.45) is 2.61. The largest absolute Gasteiger partial charge is 0.490 e. The summed E-state index contributed by atoms with van der Waals surface area (Å²) in [7, 11) is 0. The number of benzene rings is 2. The lowest BCUT2D eigenvalue weighted by Gasteiger charge is -2.35. The number of unbranched alkanes of at least 4 members (excludes halogenated alkanes) is 2. The fraction of sp³-hybridized carbons (Fsp3) is 0.525. The Balaban J connectivity index is 1.25. The number of thiazole rings is 1. The van der Waals surface area contributed by atoms with Crippen LogP contribution in [-0.4, -0.2) is 70.0 Å². The summed E-state index contributed by atoms with van der Waals surface area (Å²) in [6, 6.07) is 11.1. The zero-order valence-corrected chi connectivity index (χ0v) is 32.3. The van der Waals surface area contributed by atoms with Gasteiger partial charge in [-0.25, -0.2) is 9.37 Å². The van der Waals surface area contributed by atoms with E-state index in [9.17, 15) is 24.3 Å². The second-order valence-electron chi connectivity index (χ2n) is 15.2. The van der Waals surface area contributed by atoms with E-state index in [1.807, 2.05) is 64.4 Å². The molecule has 0 saturated carbocycles. The Morgan fingerprint density at radius 2 is 1.83 bits per heavy atom. The molecule has 1 saturated heterocycles. The molecule has 2 aromatic carbocycles. The molecule has 5 N–H and O–H groups in total. The van der Waals surface area contributed by atoms with Crippen molar-refractivity contribution in [2.24, 2.45) is 17.1 Å². The van der Waals surface area contributed by atoms with E-state index in [4.69, 9.17) is 10.5 Å². The number of aliphatic hydroxyl groups excluding tert-OH is 1. The van der Waals surface area contributed by atoms with Gasteiger partial charge in [0.25, 0.3) is 0 Å². The third-order valence-corrected chi connectivity index (χ3v) is 10.5. The zero-order chi connectivity index (χ0) is 38.7. The van der Waals surface area contributed by atoms with Gasteiger partial charge in [0.15, 0.2) is 11.6 Å². The summed E-state index contributed by atoms with van der Waals surface area (Å²) in [6.45, 7) is 9.97. The lowest BCUT2D eigenvalue weighted by atomic mass is 9.85. The van der Waals surface area contributed by atoms with Crippen molar-refractivity contribution in [1.82, 2.24) is 20.5 Å². The first-order chi connectivity index (χ1) is 25.1. The minimum atomic E-state index is -0.909. The standard InChI is InChI=1S/C40H54FN5O6S/c1-25(14-19-33(42)48)23-52-32-12-9-11-28(35(32)41)10-7-6-8-13-34(49)45-37(40(3,4)5)39(51)46-22-30(47)20-31(46)38(50)43-21-27-15-17-29(18-16-27)36-26(2)44-24-53-36/h9,11-12,15-18,24-25,30-31,37,47H,6-8,10,13-14,19-23H2,1-5H3,(H2,42,48)(H,43,50)(H,45,49)/t25-,30+,31-,37+/m0/s1. The van der Waals surface area contributed by atoms with Crippen LogP contribution in [-0.2, 0) is 32.1 Å². The molecule has 1 aliphatic heterocycles. The fourth-order valence-electron chi connectivity index (χ4n) is 6.36. The molecule has 4 atom stereocenters. The molecule has 0 aliphatic carbocycles. The van der Waals surface area contributed by atoms with E-state index in [1.54, 1.807) is 29.5 Å². The number of halogens is 1. The topological polar surface area (TPSA) is 164 Å². The first-order valence-corrected chi connectivity index (χ1v) is 19.3. The maximum Gasteiger partial charge on any atom is 0.246 e. The van der Waals surface area contributed by atoms with Gasteiger partial charge in [-0.2, -0.15) is 0 Å². The molecule has 3 aromatic rings. The van der Waals surface area contributed by atoms with E-state index in [0.717, 1.165) is 21.7 Å². The summed E-state index contributed by atoms with van der Waals surface area (Å²) in [5, 5.41) is 16.3. The average Bonchev–Trinajstić information content (AvgIpc) is 3.73. The van der Waals surface area contributed by atoms with Gasteiger partial charge in [0, 0.05) is 32.4 Å². The van der Waals surface area contributed by atoms with Crippen molar-refractivity contribution in [3.63, 3.8) is 0 Å². The quantitative estimate of drug-likeness (QED) is 0.126. The zero-order valence-electron chi connectivity index (χ0n) is 31.5. The van der Waals surface area contributed by atoms with Crippen molar-refractivity contribution in [2.75, 3.05) is 13.2 Å². The highest BCUT2D eigenvalue weighted by atomic mass is 32.1. The van der Waals surface area contributed by atoms with Crippen LogP contribution in [0.5, 0.6) is 5.75 Å². The van der Waals surface area contributed by atoms with Crippen molar-refractivity contribution in [3.05, 3.63) is 70.6 Å². The van der Waals surface area contributed by atoms with Crippen LogP contribution in [0.2, 0.25) is 0 Å². The maximum atomic E-state index is 15.1. The van der Waals surface area contributed by atoms with E-state index in [1.165, 1.54) is 4.90 Å². The molecular formula is C40H54FN5O6S. The molecule has 288 valence electrons. The van der Waals surface area contributed by atoms with Crippen molar-refractivity contribution in [2.45, 2.75) is 111 Å². The van der Waals surface area contributed by atoms with Gasteiger partial charge in [0.2, 0.25) is 23.6 Å².